The molecule has 3 rings (SSSR count). The summed E-state index contributed by atoms with van der Waals surface area (Å²) >= 11 is 11.7. The Morgan fingerprint density at radius 2 is 1.75 bits per heavy atom. The molecule has 0 aliphatic carbocycles. The van der Waals surface area contributed by atoms with Crippen LogP contribution in [0.5, 0.6) is 0 Å². The monoisotopic (exact) mass is 435 g/mol. The van der Waals surface area contributed by atoms with Gasteiger partial charge >= 0.3 is 12.1 Å². The van der Waals surface area contributed by atoms with Crippen molar-refractivity contribution in [2.75, 3.05) is 0 Å². The lowest BCUT2D eigenvalue weighted by atomic mass is 9.82. The molecule has 2 atom stereocenters. The van der Waals surface area contributed by atoms with Crippen molar-refractivity contribution in [3.63, 3.8) is 0 Å². The quantitative estimate of drug-likeness (QED) is 0.659. The third-order valence-corrected chi connectivity index (χ3v) is 5.08. The highest BCUT2D eigenvalue weighted by molar-refractivity contribution is 6.34. The van der Waals surface area contributed by atoms with E-state index in [1.807, 2.05) is 5.48 Å². The number of rotatable bonds is 3. The van der Waals surface area contributed by atoms with Crippen LogP contribution in [0.25, 0.3) is 0 Å². The number of halogens is 5. The van der Waals surface area contributed by atoms with E-state index in [9.17, 15) is 23.1 Å². The van der Waals surface area contributed by atoms with Crippen LogP contribution in [-0.2, 0) is 16.2 Å². The van der Waals surface area contributed by atoms with Crippen LogP contribution in [0.1, 0.15) is 33.5 Å². The van der Waals surface area contributed by atoms with Crippen LogP contribution in [0.4, 0.5) is 13.2 Å². The Kier molecular flexibility index (Phi) is 5.14. The second-order valence-corrected chi connectivity index (χ2v) is 7.43. The van der Waals surface area contributed by atoms with Gasteiger partial charge in [-0.3, -0.25) is 4.84 Å². The maximum atomic E-state index is 14.1. The van der Waals surface area contributed by atoms with E-state index < -0.39 is 29.9 Å². The van der Waals surface area contributed by atoms with Gasteiger partial charge in [0.2, 0.25) is 5.79 Å². The van der Waals surface area contributed by atoms with E-state index in [0.717, 1.165) is 12.1 Å². The number of hydrogen-bond donors (Lipinski definition) is 3. The summed E-state index contributed by atoms with van der Waals surface area (Å²) in [5.74, 6) is -3.56. The molecule has 0 aromatic heterocycles. The molecule has 1 fully saturated rings. The van der Waals surface area contributed by atoms with Crippen LogP contribution in [-0.4, -0.2) is 22.4 Å². The smallest absolute Gasteiger partial charge is 0.413 e. The average Bonchev–Trinajstić information content (AvgIpc) is 2.94. The van der Waals surface area contributed by atoms with E-state index in [1.54, 1.807) is 0 Å². The average molecular weight is 436 g/mol. The number of nitrogens with one attached hydrogen (secondary N) is 1. The molecule has 0 spiro atoms. The van der Waals surface area contributed by atoms with Gasteiger partial charge in [-0.2, -0.15) is 18.7 Å². The molecule has 28 heavy (non-hydrogen) atoms. The lowest BCUT2D eigenvalue weighted by molar-refractivity contribution is -0.227. The first-order chi connectivity index (χ1) is 12.9. The Morgan fingerprint density at radius 1 is 1.14 bits per heavy atom. The van der Waals surface area contributed by atoms with Gasteiger partial charge in [0.05, 0.1) is 5.56 Å². The summed E-state index contributed by atoms with van der Waals surface area (Å²) in [5.41, 5.74) is -0.995. The van der Waals surface area contributed by atoms with Crippen molar-refractivity contribution in [2.24, 2.45) is 0 Å². The number of carboxylic acid groups (broad SMARTS) is 1. The van der Waals surface area contributed by atoms with Crippen molar-refractivity contribution in [3.8, 4) is 0 Å². The Labute approximate surface area is 167 Å². The van der Waals surface area contributed by atoms with Gasteiger partial charge in [-0.05, 0) is 48.4 Å². The van der Waals surface area contributed by atoms with Crippen LogP contribution in [0, 0.1) is 6.92 Å². The number of carboxylic acids is 1. The van der Waals surface area contributed by atoms with Gasteiger partial charge in [0.1, 0.15) is 0 Å². The second kappa shape index (κ2) is 6.89. The van der Waals surface area contributed by atoms with E-state index >= 15 is 0 Å². The molecule has 5 nitrogen and oxygen atoms in total. The van der Waals surface area contributed by atoms with Gasteiger partial charge in [0.15, 0.2) is 5.54 Å². The molecule has 1 saturated heterocycles. The zero-order chi connectivity index (χ0) is 20.9. The number of hydroxylamine groups is 1. The molecule has 2 unspecified atom stereocenters. The maximum Gasteiger partial charge on any atom is 0.413 e. The molecule has 2 aromatic carbocycles. The highest BCUT2D eigenvalue weighted by Crippen LogP contribution is 2.52. The first kappa shape index (κ1) is 20.9. The van der Waals surface area contributed by atoms with Gasteiger partial charge in [-0.1, -0.05) is 29.3 Å². The van der Waals surface area contributed by atoms with Crippen molar-refractivity contribution in [2.45, 2.75) is 30.8 Å². The number of aryl methyl sites for hydroxylation is 1. The minimum Gasteiger partial charge on any atom is -0.478 e. The molecular formula is C18H14Cl2F3NO4. The third kappa shape index (κ3) is 3.46. The fourth-order valence-corrected chi connectivity index (χ4v) is 3.72. The number of hydrogen-bond acceptors (Lipinski definition) is 4. The lowest BCUT2D eigenvalue weighted by Crippen LogP contribution is -2.49. The molecule has 1 heterocycles. The van der Waals surface area contributed by atoms with Gasteiger partial charge in [0.25, 0.3) is 0 Å². The topological polar surface area (TPSA) is 78.8 Å². The number of aliphatic hydroxyl groups is 1. The number of carbonyl (C=O) groups is 1. The standard InChI is InChI=1S/C18H14Cl2F3NO4/c1-9-4-10(2-3-14(9)15(25)26)17(27)8-16(24-28-17,18(21,22)23)11-5-12(19)7-13(20)6-11/h2-7,24,27H,8H2,1H3,(H,25,26). The maximum absolute atomic E-state index is 14.1. The number of alkyl halides is 3. The summed E-state index contributed by atoms with van der Waals surface area (Å²) in [4.78, 5) is 16.1. The molecule has 0 bridgehead atoms. The highest BCUT2D eigenvalue weighted by atomic mass is 35.5. The van der Waals surface area contributed by atoms with Crippen molar-refractivity contribution in [3.05, 3.63) is 68.7 Å². The molecule has 150 valence electrons. The first-order valence-corrected chi connectivity index (χ1v) is 8.69. The van der Waals surface area contributed by atoms with E-state index in [0.29, 0.717) is 0 Å². The van der Waals surface area contributed by atoms with Gasteiger partial charge in [0, 0.05) is 22.0 Å². The minimum absolute atomic E-state index is 0.00924. The molecule has 1 aliphatic rings. The largest absolute Gasteiger partial charge is 0.478 e. The molecule has 0 radical (unpaired) electrons. The highest BCUT2D eigenvalue weighted by Gasteiger charge is 2.65. The molecular weight excluding hydrogens is 422 g/mol. The molecule has 2 aromatic rings. The predicted molar refractivity (Wildman–Crippen MR) is 95.1 cm³/mol. The second-order valence-electron chi connectivity index (χ2n) is 6.56. The number of aromatic carboxylic acids is 1. The van der Waals surface area contributed by atoms with Crippen molar-refractivity contribution in [1.29, 1.82) is 0 Å². The SMILES string of the molecule is Cc1cc(C2(O)CC(c3cc(Cl)cc(Cl)c3)(C(F)(F)F)NO2)ccc1C(=O)O. The zero-order valence-electron chi connectivity index (χ0n) is 14.3. The Bertz CT molecular complexity index is 933. The normalized spacial score (nSPS) is 25.1. The molecule has 0 amide bonds. The van der Waals surface area contributed by atoms with Crippen LogP contribution < -0.4 is 5.48 Å². The first-order valence-electron chi connectivity index (χ1n) is 7.93. The van der Waals surface area contributed by atoms with E-state index in [4.69, 9.17) is 33.1 Å². The Hall–Kier alpha value is -1.84. The van der Waals surface area contributed by atoms with Crippen LogP contribution in [0.15, 0.2) is 36.4 Å². The molecule has 1 aliphatic heterocycles. The summed E-state index contributed by atoms with van der Waals surface area (Å²) < 4.78 is 42.2. The molecule has 3 N–H and O–H groups in total. The summed E-state index contributed by atoms with van der Waals surface area (Å²) in [6, 6.07) is 7.12. The fourth-order valence-electron chi connectivity index (χ4n) is 3.19. The Balaban J connectivity index is 2.08. The van der Waals surface area contributed by atoms with E-state index in [-0.39, 0.29) is 32.3 Å². The van der Waals surface area contributed by atoms with Crippen LogP contribution >= 0.6 is 23.2 Å². The zero-order valence-corrected chi connectivity index (χ0v) is 15.8. The molecule has 10 heteroatoms. The fraction of sp³-hybridized carbons (Fsp3) is 0.278. The summed E-state index contributed by atoms with van der Waals surface area (Å²) in [6.07, 6.45) is -5.81. The molecule has 0 saturated carbocycles. The third-order valence-electron chi connectivity index (χ3n) is 4.65. The predicted octanol–water partition coefficient (Wildman–Crippen LogP) is 4.53. The van der Waals surface area contributed by atoms with Gasteiger partial charge < -0.3 is 10.2 Å². The number of benzene rings is 2. The van der Waals surface area contributed by atoms with Crippen molar-refractivity contribution in [1.82, 2.24) is 5.48 Å². The van der Waals surface area contributed by atoms with Gasteiger partial charge in [-0.15, -0.1) is 0 Å². The minimum atomic E-state index is -4.87. The lowest BCUT2D eigenvalue weighted by Gasteiger charge is -2.31. The Morgan fingerprint density at radius 3 is 2.25 bits per heavy atom. The summed E-state index contributed by atoms with van der Waals surface area (Å²) in [5, 5.41) is 19.9. The van der Waals surface area contributed by atoms with Crippen LogP contribution in [0.3, 0.4) is 0 Å². The van der Waals surface area contributed by atoms with Crippen molar-refractivity contribution < 1.29 is 33.0 Å². The summed E-state index contributed by atoms with van der Waals surface area (Å²) in [6.45, 7) is 1.46. The van der Waals surface area contributed by atoms with Gasteiger partial charge in [-0.25, -0.2) is 4.79 Å². The van der Waals surface area contributed by atoms with E-state index in [1.165, 1.54) is 31.2 Å². The van der Waals surface area contributed by atoms with Crippen molar-refractivity contribution >= 4 is 29.2 Å². The van der Waals surface area contributed by atoms with E-state index in [2.05, 4.69) is 0 Å². The summed E-state index contributed by atoms with van der Waals surface area (Å²) in [7, 11) is 0. The van der Waals surface area contributed by atoms with Crippen LogP contribution in [0.2, 0.25) is 10.0 Å².